The molecule has 4 rings (SSSR count). The van der Waals surface area contributed by atoms with Crippen molar-refractivity contribution in [2.45, 2.75) is 32.7 Å². The van der Waals surface area contributed by atoms with E-state index in [0.717, 1.165) is 59.3 Å². The largest absolute Gasteiger partial charge is 0.467 e. The number of fused-ring (bicyclic) bond motifs is 1. The highest BCUT2D eigenvalue weighted by molar-refractivity contribution is 6.01. The Bertz CT molecular complexity index is 1170. The molecule has 2 heterocycles. The number of aliphatic hydroxyl groups excluding tert-OH is 1. The first-order valence-electron chi connectivity index (χ1n) is 11.9. The van der Waals surface area contributed by atoms with E-state index in [9.17, 15) is 5.11 Å². The number of anilines is 1. The predicted molar refractivity (Wildman–Crippen MR) is 135 cm³/mol. The molecule has 178 valence electrons. The van der Waals surface area contributed by atoms with Crippen LogP contribution in [0.3, 0.4) is 0 Å². The summed E-state index contributed by atoms with van der Waals surface area (Å²) in [5.41, 5.74) is 2.48. The number of aromatic nitrogens is 2. The number of hydrogen-bond donors (Lipinski definition) is 2. The Morgan fingerprint density at radius 3 is 2.82 bits per heavy atom. The number of nitrogens with zero attached hydrogens (tertiary/aromatic N) is 3. The van der Waals surface area contributed by atoms with E-state index in [2.05, 4.69) is 44.4 Å². The number of likely N-dealkylation sites (tertiary alicyclic amines) is 1. The van der Waals surface area contributed by atoms with Gasteiger partial charge in [-0.15, -0.1) is 16.1 Å². The molecule has 0 radical (unpaired) electrons. The Labute approximate surface area is 201 Å². The van der Waals surface area contributed by atoms with Crippen LogP contribution in [0.15, 0.2) is 42.5 Å². The lowest BCUT2D eigenvalue weighted by atomic mass is 10.0. The maximum Gasteiger partial charge on any atom is 0.189 e. The minimum atomic E-state index is 0.156. The second kappa shape index (κ2) is 11.8. The van der Waals surface area contributed by atoms with Crippen molar-refractivity contribution in [1.29, 1.82) is 0 Å². The highest BCUT2D eigenvalue weighted by Gasteiger charge is 2.22. The standard InChI is InChI=1S/C27H32N4O3/c1-3-8-20-12-13-24(25(17-20)34-19-33-4-2)26-22-10-5-6-11-23(22)27(30-29-26)28-21-9-7-14-31(18-21)15-16-32/h5-6,10-13,17,21,32H,4,7,9,14-16,18-19H2,1-2H3,(H,28,30). The molecule has 1 saturated heterocycles. The Hall–Kier alpha value is -3.18. The summed E-state index contributed by atoms with van der Waals surface area (Å²) in [4.78, 5) is 2.29. The summed E-state index contributed by atoms with van der Waals surface area (Å²) in [5, 5.41) is 24.2. The van der Waals surface area contributed by atoms with Crippen molar-refractivity contribution in [3.8, 4) is 28.8 Å². The zero-order chi connectivity index (χ0) is 23.8. The maximum absolute atomic E-state index is 9.30. The van der Waals surface area contributed by atoms with Gasteiger partial charge in [0.05, 0.1) is 6.61 Å². The molecule has 0 aliphatic carbocycles. The zero-order valence-electron chi connectivity index (χ0n) is 19.9. The van der Waals surface area contributed by atoms with Crippen LogP contribution in [0.2, 0.25) is 0 Å². The van der Waals surface area contributed by atoms with Gasteiger partial charge in [-0.1, -0.05) is 30.2 Å². The molecule has 1 atom stereocenters. The number of hydrogen-bond acceptors (Lipinski definition) is 7. The van der Waals surface area contributed by atoms with Crippen molar-refractivity contribution >= 4 is 16.6 Å². The van der Waals surface area contributed by atoms with Crippen LogP contribution in [0.25, 0.3) is 22.0 Å². The molecule has 34 heavy (non-hydrogen) atoms. The van der Waals surface area contributed by atoms with Crippen molar-refractivity contribution in [2.75, 3.05) is 45.0 Å². The molecule has 0 bridgehead atoms. The van der Waals surface area contributed by atoms with Crippen LogP contribution in [0.5, 0.6) is 5.75 Å². The third kappa shape index (κ3) is 5.65. The molecule has 2 N–H and O–H groups in total. The first kappa shape index (κ1) is 24.0. The third-order valence-corrected chi connectivity index (χ3v) is 5.96. The minimum absolute atomic E-state index is 0.156. The average molecular weight is 461 g/mol. The fourth-order valence-electron chi connectivity index (χ4n) is 4.37. The molecule has 2 aromatic carbocycles. The SMILES string of the molecule is CC#Cc1ccc(-c2nnc(NC3CCCN(CCO)C3)c3ccccc23)c(OCOCC)c1. The number of nitrogens with one attached hydrogen (secondary N) is 1. The topological polar surface area (TPSA) is 79.7 Å². The lowest BCUT2D eigenvalue weighted by Gasteiger charge is -2.33. The Kier molecular flexibility index (Phi) is 8.31. The normalized spacial score (nSPS) is 16.1. The van der Waals surface area contributed by atoms with E-state index in [4.69, 9.17) is 9.47 Å². The van der Waals surface area contributed by atoms with Gasteiger partial charge in [0, 0.05) is 47.6 Å². The van der Waals surface area contributed by atoms with Gasteiger partial charge in [0.2, 0.25) is 0 Å². The van der Waals surface area contributed by atoms with Crippen LogP contribution >= 0.6 is 0 Å². The van der Waals surface area contributed by atoms with E-state index in [-0.39, 0.29) is 19.4 Å². The molecule has 1 aliphatic rings. The molecule has 1 fully saturated rings. The monoisotopic (exact) mass is 460 g/mol. The second-order valence-corrected chi connectivity index (χ2v) is 8.29. The number of rotatable bonds is 9. The van der Waals surface area contributed by atoms with Gasteiger partial charge in [0.1, 0.15) is 11.4 Å². The number of piperidine rings is 1. The van der Waals surface area contributed by atoms with Gasteiger partial charge in [-0.25, -0.2) is 0 Å². The van der Waals surface area contributed by atoms with Crippen molar-refractivity contribution in [1.82, 2.24) is 15.1 Å². The fraction of sp³-hybridized carbons (Fsp3) is 0.407. The minimum Gasteiger partial charge on any atom is -0.467 e. The van der Waals surface area contributed by atoms with Crippen LogP contribution < -0.4 is 10.1 Å². The van der Waals surface area contributed by atoms with Crippen molar-refractivity contribution < 1.29 is 14.6 Å². The van der Waals surface area contributed by atoms with Crippen LogP contribution in [0.4, 0.5) is 5.82 Å². The summed E-state index contributed by atoms with van der Waals surface area (Å²) in [7, 11) is 0. The Morgan fingerprint density at radius 2 is 2.03 bits per heavy atom. The molecule has 7 nitrogen and oxygen atoms in total. The average Bonchev–Trinajstić information content (AvgIpc) is 2.86. The molecule has 7 heteroatoms. The Morgan fingerprint density at radius 1 is 1.18 bits per heavy atom. The number of β-amino-alcohol motifs (C(OH)–C–C–N with tert-alkyl or cyclic N) is 1. The highest BCUT2D eigenvalue weighted by Crippen LogP contribution is 2.36. The maximum atomic E-state index is 9.30. The van der Waals surface area contributed by atoms with Gasteiger partial charge in [0.15, 0.2) is 12.6 Å². The van der Waals surface area contributed by atoms with Gasteiger partial charge in [-0.05, 0) is 51.4 Å². The molecule has 1 aliphatic heterocycles. The second-order valence-electron chi connectivity index (χ2n) is 8.29. The lowest BCUT2D eigenvalue weighted by Crippen LogP contribution is -2.43. The molecule has 0 spiro atoms. The van der Waals surface area contributed by atoms with E-state index in [0.29, 0.717) is 18.9 Å². The van der Waals surface area contributed by atoms with E-state index < -0.39 is 0 Å². The zero-order valence-corrected chi connectivity index (χ0v) is 19.9. The van der Waals surface area contributed by atoms with Crippen LogP contribution in [0.1, 0.15) is 32.3 Å². The summed E-state index contributed by atoms with van der Waals surface area (Å²) in [6.07, 6.45) is 2.16. The van der Waals surface area contributed by atoms with Crippen molar-refractivity contribution in [3.05, 3.63) is 48.0 Å². The Balaban J connectivity index is 1.69. The van der Waals surface area contributed by atoms with Crippen molar-refractivity contribution in [2.24, 2.45) is 0 Å². The van der Waals surface area contributed by atoms with Crippen LogP contribution in [-0.2, 0) is 4.74 Å². The summed E-state index contributed by atoms with van der Waals surface area (Å²) in [6, 6.07) is 14.3. The first-order valence-corrected chi connectivity index (χ1v) is 11.9. The van der Waals surface area contributed by atoms with Crippen LogP contribution in [-0.4, -0.2) is 65.9 Å². The fourth-order valence-corrected chi connectivity index (χ4v) is 4.37. The van der Waals surface area contributed by atoms with E-state index in [1.807, 2.05) is 44.2 Å². The van der Waals surface area contributed by atoms with Gasteiger partial charge >= 0.3 is 0 Å². The highest BCUT2D eigenvalue weighted by atomic mass is 16.7. The molecule has 0 saturated carbocycles. The quantitative estimate of drug-likeness (QED) is 0.285. The number of benzene rings is 2. The summed E-state index contributed by atoms with van der Waals surface area (Å²) >= 11 is 0. The summed E-state index contributed by atoms with van der Waals surface area (Å²) in [6.45, 7) is 7.26. The third-order valence-electron chi connectivity index (χ3n) is 5.96. The first-order chi connectivity index (χ1) is 16.7. The smallest absolute Gasteiger partial charge is 0.189 e. The molecule has 0 amide bonds. The number of ether oxygens (including phenoxy) is 2. The molecular weight excluding hydrogens is 428 g/mol. The van der Waals surface area contributed by atoms with Gasteiger partial charge in [-0.3, -0.25) is 4.90 Å². The van der Waals surface area contributed by atoms with E-state index in [1.165, 1.54) is 0 Å². The molecule has 3 aromatic rings. The summed E-state index contributed by atoms with van der Waals surface area (Å²) < 4.78 is 11.4. The molecule has 1 unspecified atom stereocenters. The molecular formula is C27H32N4O3. The predicted octanol–water partition coefficient (Wildman–Crippen LogP) is 3.91. The van der Waals surface area contributed by atoms with E-state index in [1.54, 1.807) is 0 Å². The van der Waals surface area contributed by atoms with Gasteiger partial charge in [-0.2, -0.15) is 0 Å². The summed E-state index contributed by atoms with van der Waals surface area (Å²) in [5.74, 6) is 7.46. The lowest BCUT2D eigenvalue weighted by molar-refractivity contribution is 0.0227. The van der Waals surface area contributed by atoms with Gasteiger partial charge in [0.25, 0.3) is 0 Å². The molecule has 1 aromatic heterocycles. The van der Waals surface area contributed by atoms with E-state index >= 15 is 0 Å². The van der Waals surface area contributed by atoms with Crippen LogP contribution in [0, 0.1) is 11.8 Å². The van der Waals surface area contributed by atoms with Gasteiger partial charge < -0.3 is 19.9 Å². The van der Waals surface area contributed by atoms with Crippen molar-refractivity contribution in [3.63, 3.8) is 0 Å². The number of aliphatic hydroxyl groups is 1.